The van der Waals surface area contributed by atoms with Gasteiger partial charge in [-0.05, 0) is 61.2 Å². The molecule has 9 nitrogen and oxygen atoms in total. The zero-order valence-electron chi connectivity index (χ0n) is 26.0. The second-order valence-corrected chi connectivity index (χ2v) is 12.6. The predicted octanol–water partition coefficient (Wildman–Crippen LogP) is 5.23. The number of hydrogen-bond acceptors (Lipinski definition) is 9. The van der Waals surface area contributed by atoms with Crippen LogP contribution in [-0.2, 0) is 17.8 Å². The number of piperazine rings is 1. The number of nitriles is 1. The number of thiocarbonyl (C=S) groups is 1. The van der Waals surface area contributed by atoms with Crippen molar-refractivity contribution in [2.24, 2.45) is 0 Å². The first-order valence-corrected chi connectivity index (χ1v) is 16.2. The largest absolute Gasteiger partial charge is 0.493 e. The highest BCUT2D eigenvalue weighted by Crippen LogP contribution is 2.37. The Kier molecular flexibility index (Phi) is 10.2. The van der Waals surface area contributed by atoms with E-state index in [0.717, 1.165) is 36.6 Å². The van der Waals surface area contributed by atoms with Gasteiger partial charge in [-0.25, -0.2) is 0 Å². The quantitative estimate of drug-likeness (QED) is 0.218. The fourth-order valence-corrected chi connectivity index (χ4v) is 7.12. The Morgan fingerprint density at radius 2 is 1.67 bits per heavy atom. The highest BCUT2D eigenvalue weighted by atomic mass is 32.2. The number of carbonyl (C=O) groups excluding carboxylic acids is 1. The van der Waals surface area contributed by atoms with Gasteiger partial charge >= 0.3 is 0 Å². The number of thioether (sulfide) groups is 1. The molecule has 5 rings (SSSR count). The normalized spacial score (nSPS) is 16.0. The lowest BCUT2D eigenvalue weighted by Gasteiger charge is -2.39. The molecular formula is C34H37N5O4S2. The summed E-state index contributed by atoms with van der Waals surface area (Å²) in [6.07, 6.45) is 3.13. The van der Waals surface area contributed by atoms with E-state index >= 15 is 0 Å². The van der Waals surface area contributed by atoms with E-state index in [0.29, 0.717) is 64.5 Å². The minimum atomic E-state index is -0.294. The molecule has 2 aliphatic heterocycles. The third-order valence-electron chi connectivity index (χ3n) is 8.22. The van der Waals surface area contributed by atoms with Gasteiger partial charge in [-0.2, -0.15) is 5.26 Å². The Bertz CT molecular complexity index is 1720. The lowest BCUT2D eigenvalue weighted by molar-refractivity contribution is -0.122. The van der Waals surface area contributed by atoms with Gasteiger partial charge in [0.15, 0.2) is 11.5 Å². The standard InChI is InChI=1S/C34H37N5O4S2/c1-5-14-38-31(37-18-16-36(17-19-37)25-9-7-6-8-10-25)26(23(2)27(22-35)32(38)40)21-30-33(41)39(34(44)45-30)15-13-24-11-12-28(42-3)29(20-24)43-4/h6-12,20-21H,5,13-19H2,1-4H3. The molecule has 0 N–H and O–H groups in total. The molecule has 1 aromatic heterocycles. The molecule has 2 saturated heterocycles. The van der Waals surface area contributed by atoms with Gasteiger partial charge in [-0.15, -0.1) is 0 Å². The van der Waals surface area contributed by atoms with E-state index < -0.39 is 0 Å². The summed E-state index contributed by atoms with van der Waals surface area (Å²) in [6, 6.07) is 18.1. The van der Waals surface area contributed by atoms with E-state index in [4.69, 9.17) is 21.7 Å². The Balaban J connectivity index is 1.46. The zero-order valence-corrected chi connectivity index (χ0v) is 27.7. The number of ether oxygens (including phenoxy) is 2. The van der Waals surface area contributed by atoms with Crippen LogP contribution in [0.25, 0.3) is 6.08 Å². The first-order chi connectivity index (χ1) is 21.8. The highest BCUT2D eigenvalue weighted by molar-refractivity contribution is 8.26. The summed E-state index contributed by atoms with van der Waals surface area (Å²) >= 11 is 6.91. The summed E-state index contributed by atoms with van der Waals surface area (Å²) < 4.78 is 13.0. The molecule has 234 valence electrons. The van der Waals surface area contributed by atoms with Gasteiger partial charge in [0.25, 0.3) is 11.5 Å². The number of hydrogen-bond donors (Lipinski definition) is 0. The fraction of sp³-hybridized carbons (Fsp3) is 0.353. The van der Waals surface area contributed by atoms with Gasteiger partial charge in [0.2, 0.25) is 0 Å². The fourth-order valence-electron chi connectivity index (χ4n) is 5.83. The monoisotopic (exact) mass is 643 g/mol. The van der Waals surface area contributed by atoms with Crippen LogP contribution in [0.3, 0.4) is 0 Å². The maximum Gasteiger partial charge on any atom is 0.270 e. The van der Waals surface area contributed by atoms with Gasteiger partial charge in [0, 0.05) is 50.5 Å². The van der Waals surface area contributed by atoms with Crippen molar-refractivity contribution in [3.05, 3.63) is 86.0 Å². The maximum absolute atomic E-state index is 13.7. The molecule has 2 aromatic carbocycles. The number of methoxy groups -OCH3 is 2. The summed E-state index contributed by atoms with van der Waals surface area (Å²) in [4.78, 5) is 34.0. The molecule has 0 aliphatic carbocycles. The van der Waals surface area contributed by atoms with Crippen LogP contribution in [0.15, 0.2) is 58.2 Å². The molecule has 45 heavy (non-hydrogen) atoms. The molecule has 3 heterocycles. The number of amides is 1. The molecule has 2 fully saturated rings. The number of para-hydroxylation sites is 1. The van der Waals surface area contributed by atoms with Crippen LogP contribution in [-0.4, -0.2) is 66.6 Å². The molecule has 0 spiro atoms. The lowest BCUT2D eigenvalue weighted by atomic mass is 10.0. The molecule has 0 saturated carbocycles. The Labute approximate surface area is 273 Å². The van der Waals surface area contributed by atoms with E-state index in [-0.39, 0.29) is 17.0 Å². The van der Waals surface area contributed by atoms with E-state index in [1.54, 1.807) is 30.6 Å². The number of aromatic nitrogens is 1. The van der Waals surface area contributed by atoms with E-state index in [1.165, 1.54) is 11.8 Å². The van der Waals surface area contributed by atoms with Crippen molar-refractivity contribution in [2.45, 2.75) is 33.2 Å². The van der Waals surface area contributed by atoms with Crippen molar-refractivity contribution in [1.82, 2.24) is 9.47 Å². The van der Waals surface area contributed by atoms with Gasteiger partial charge in [0.1, 0.15) is 21.8 Å². The third-order valence-corrected chi connectivity index (χ3v) is 9.59. The van der Waals surface area contributed by atoms with Crippen LogP contribution in [0.1, 0.15) is 35.6 Å². The number of nitrogens with zero attached hydrogens (tertiary/aromatic N) is 5. The Morgan fingerprint density at radius 3 is 2.31 bits per heavy atom. The third kappa shape index (κ3) is 6.58. The van der Waals surface area contributed by atoms with Gasteiger partial charge in [-0.1, -0.05) is 55.2 Å². The molecule has 3 aromatic rings. The van der Waals surface area contributed by atoms with Crippen LogP contribution < -0.4 is 24.8 Å². The summed E-state index contributed by atoms with van der Waals surface area (Å²) in [6.45, 7) is 7.62. The summed E-state index contributed by atoms with van der Waals surface area (Å²) in [5, 5.41) is 10.0. The topological polar surface area (TPSA) is 91.0 Å². The van der Waals surface area contributed by atoms with E-state index in [9.17, 15) is 14.9 Å². The number of pyridine rings is 1. The first kappa shape index (κ1) is 32.1. The minimum absolute atomic E-state index is 0.102. The van der Waals surface area contributed by atoms with Gasteiger partial charge in [0.05, 0.1) is 19.1 Å². The SMILES string of the molecule is CCCn1c(N2CCN(c3ccccc3)CC2)c(C=C2SC(=S)N(CCc3ccc(OC)c(OC)c3)C2=O)c(C)c(C#N)c1=O. The van der Waals surface area contributed by atoms with E-state index in [1.807, 2.05) is 49.4 Å². The molecular weight excluding hydrogens is 607 g/mol. The summed E-state index contributed by atoms with van der Waals surface area (Å²) in [7, 11) is 3.19. The molecule has 0 atom stereocenters. The molecule has 0 bridgehead atoms. The molecule has 2 aliphatic rings. The van der Waals surface area contributed by atoms with Crippen molar-refractivity contribution in [1.29, 1.82) is 5.26 Å². The van der Waals surface area contributed by atoms with Crippen LogP contribution in [0.5, 0.6) is 11.5 Å². The van der Waals surface area contributed by atoms with Crippen LogP contribution in [0.4, 0.5) is 11.5 Å². The van der Waals surface area contributed by atoms with Crippen LogP contribution in [0, 0.1) is 18.3 Å². The highest BCUT2D eigenvalue weighted by Gasteiger charge is 2.33. The van der Waals surface area contributed by atoms with Crippen molar-refractivity contribution in [2.75, 3.05) is 56.7 Å². The van der Waals surface area contributed by atoms with Crippen molar-refractivity contribution >= 4 is 51.8 Å². The molecule has 11 heteroatoms. The second kappa shape index (κ2) is 14.2. The predicted molar refractivity (Wildman–Crippen MR) is 184 cm³/mol. The smallest absolute Gasteiger partial charge is 0.270 e. The maximum atomic E-state index is 13.7. The van der Waals surface area contributed by atoms with Crippen LogP contribution in [0.2, 0.25) is 0 Å². The average Bonchev–Trinajstić information content (AvgIpc) is 3.33. The number of rotatable bonds is 10. The number of anilines is 2. The number of benzene rings is 2. The Hall–Kier alpha value is -4.27. The molecule has 1 amide bonds. The van der Waals surface area contributed by atoms with Gasteiger partial charge < -0.3 is 19.3 Å². The van der Waals surface area contributed by atoms with Crippen molar-refractivity contribution in [3.8, 4) is 17.6 Å². The first-order valence-electron chi connectivity index (χ1n) is 15.0. The average molecular weight is 644 g/mol. The van der Waals surface area contributed by atoms with Crippen LogP contribution >= 0.6 is 24.0 Å². The molecule has 0 radical (unpaired) electrons. The zero-order chi connectivity index (χ0) is 32.1. The lowest BCUT2D eigenvalue weighted by Crippen LogP contribution is -2.48. The molecule has 0 unspecified atom stereocenters. The van der Waals surface area contributed by atoms with Crippen molar-refractivity contribution < 1.29 is 14.3 Å². The van der Waals surface area contributed by atoms with Crippen molar-refractivity contribution in [3.63, 3.8) is 0 Å². The van der Waals surface area contributed by atoms with E-state index in [2.05, 4.69) is 28.0 Å². The summed E-state index contributed by atoms with van der Waals surface area (Å²) in [5.74, 6) is 1.84. The number of carbonyl (C=O) groups is 1. The Morgan fingerprint density at radius 1 is 0.978 bits per heavy atom. The minimum Gasteiger partial charge on any atom is -0.493 e. The summed E-state index contributed by atoms with van der Waals surface area (Å²) in [5.41, 5.74) is 3.25. The second-order valence-electron chi connectivity index (χ2n) is 10.9. The van der Waals surface area contributed by atoms with Gasteiger partial charge in [-0.3, -0.25) is 19.1 Å².